The average Bonchev–Trinajstić information content (AvgIpc) is 3.26. The lowest BCUT2D eigenvalue weighted by molar-refractivity contribution is -0.142. The van der Waals surface area contributed by atoms with Gasteiger partial charge in [0.25, 0.3) is 0 Å². The van der Waals surface area contributed by atoms with Crippen LogP contribution in [0.2, 0.25) is 0 Å². The predicted octanol–water partition coefficient (Wildman–Crippen LogP) is -1.75. The third kappa shape index (κ3) is 8.77. The monoisotopic (exact) mass is 550 g/mol. The molecule has 1 aromatic carbocycles. The molecule has 0 radical (unpaired) electrons. The minimum Gasteiger partial charge on any atom is -0.481 e. The number of hydrogen-bond donors (Lipinski definition) is 9. The standard InChI is InChI=1S/C23H30N6O8S/c24-13(5-6-18(25)30)20(33)27-16(8-19(31)32)22(35)28-15(21(34)29-17(10-38)23(36)37)7-11-9-26-14-4-2-1-3-12(11)14/h1-4,9,13,15-17,26,38H,5-8,10,24H2,(H2,25,30)(H,27,33)(H,28,35)(H,29,34)(H,31,32)(H,36,37). The number of amides is 4. The third-order valence-corrected chi connectivity index (χ3v) is 5.94. The molecule has 4 unspecified atom stereocenters. The molecule has 0 saturated carbocycles. The van der Waals surface area contributed by atoms with Gasteiger partial charge in [-0.15, -0.1) is 0 Å². The summed E-state index contributed by atoms with van der Waals surface area (Å²) in [6.45, 7) is 0. The minimum atomic E-state index is -1.63. The van der Waals surface area contributed by atoms with Crippen molar-refractivity contribution in [3.8, 4) is 0 Å². The predicted molar refractivity (Wildman–Crippen MR) is 138 cm³/mol. The number of thiol groups is 1. The number of carboxylic acids is 2. The first kappa shape index (κ1) is 30.1. The van der Waals surface area contributed by atoms with Crippen molar-refractivity contribution < 1.29 is 39.0 Å². The molecule has 0 aliphatic heterocycles. The number of carboxylic acid groups (broad SMARTS) is 2. The van der Waals surface area contributed by atoms with Crippen LogP contribution in [0.25, 0.3) is 10.9 Å². The van der Waals surface area contributed by atoms with Crippen molar-refractivity contribution >= 4 is 59.1 Å². The number of hydrogen-bond acceptors (Lipinski definition) is 8. The van der Waals surface area contributed by atoms with Crippen LogP contribution in [0.15, 0.2) is 30.5 Å². The van der Waals surface area contributed by atoms with Gasteiger partial charge in [-0.25, -0.2) is 4.79 Å². The molecule has 4 atom stereocenters. The van der Waals surface area contributed by atoms with E-state index in [9.17, 15) is 39.0 Å². The van der Waals surface area contributed by atoms with Gasteiger partial charge in [-0.1, -0.05) is 18.2 Å². The van der Waals surface area contributed by atoms with Gasteiger partial charge in [0.2, 0.25) is 23.6 Å². The van der Waals surface area contributed by atoms with E-state index in [0.717, 1.165) is 10.9 Å². The Balaban J connectivity index is 2.28. The zero-order chi connectivity index (χ0) is 28.4. The van der Waals surface area contributed by atoms with E-state index in [1.165, 1.54) is 0 Å². The molecule has 206 valence electrons. The highest BCUT2D eigenvalue weighted by Crippen LogP contribution is 2.19. The molecular formula is C23H30N6O8S. The number of primary amides is 1. The molecule has 2 rings (SSSR count). The fourth-order valence-corrected chi connectivity index (χ4v) is 3.80. The van der Waals surface area contributed by atoms with E-state index in [1.807, 2.05) is 0 Å². The van der Waals surface area contributed by atoms with Crippen LogP contribution in [0.4, 0.5) is 0 Å². The van der Waals surface area contributed by atoms with E-state index < -0.39 is 66.2 Å². The van der Waals surface area contributed by atoms with E-state index in [-0.39, 0.29) is 25.0 Å². The number of H-pyrrole nitrogens is 1. The van der Waals surface area contributed by atoms with Gasteiger partial charge < -0.3 is 42.6 Å². The van der Waals surface area contributed by atoms with Crippen molar-refractivity contribution in [3.63, 3.8) is 0 Å². The minimum absolute atomic E-state index is 0.0909. The maximum absolute atomic E-state index is 13.1. The Hall–Kier alpha value is -4.11. The summed E-state index contributed by atoms with van der Waals surface area (Å²) in [5, 5.41) is 26.2. The molecular weight excluding hydrogens is 520 g/mol. The summed E-state index contributed by atoms with van der Waals surface area (Å²) in [5.41, 5.74) is 12.1. The van der Waals surface area contributed by atoms with Crippen LogP contribution in [0.1, 0.15) is 24.8 Å². The average molecular weight is 551 g/mol. The zero-order valence-corrected chi connectivity index (χ0v) is 21.1. The maximum atomic E-state index is 13.1. The molecule has 0 aliphatic rings. The Kier molecular flexibility index (Phi) is 11.1. The summed E-state index contributed by atoms with van der Waals surface area (Å²) < 4.78 is 0. The van der Waals surface area contributed by atoms with Gasteiger partial charge in [-0.3, -0.25) is 24.0 Å². The van der Waals surface area contributed by atoms with Gasteiger partial charge in [0.1, 0.15) is 18.1 Å². The third-order valence-electron chi connectivity index (χ3n) is 5.58. The Morgan fingerprint density at radius 2 is 1.53 bits per heavy atom. The number of benzene rings is 1. The van der Waals surface area contributed by atoms with Crippen molar-refractivity contribution in [3.05, 3.63) is 36.0 Å². The van der Waals surface area contributed by atoms with E-state index in [4.69, 9.17) is 11.5 Å². The second-order valence-corrected chi connectivity index (χ2v) is 8.84. The van der Waals surface area contributed by atoms with Crippen LogP contribution in [-0.2, 0) is 35.2 Å². The summed E-state index contributed by atoms with van der Waals surface area (Å²) in [5.74, 6) is -6.45. The van der Waals surface area contributed by atoms with E-state index in [2.05, 4.69) is 33.6 Å². The van der Waals surface area contributed by atoms with Crippen molar-refractivity contribution in [2.45, 2.75) is 49.9 Å². The van der Waals surface area contributed by atoms with Crippen LogP contribution in [0.5, 0.6) is 0 Å². The van der Waals surface area contributed by atoms with Crippen LogP contribution < -0.4 is 27.4 Å². The van der Waals surface area contributed by atoms with Crippen LogP contribution >= 0.6 is 12.6 Å². The highest BCUT2D eigenvalue weighted by atomic mass is 32.1. The van der Waals surface area contributed by atoms with Crippen LogP contribution in [0.3, 0.4) is 0 Å². The molecule has 10 N–H and O–H groups in total. The maximum Gasteiger partial charge on any atom is 0.327 e. The number of carbonyl (C=O) groups excluding carboxylic acids is 4. The SMILES string of the molecule is NC(=O)CCC(N)C(=O)NC(CC(=O)O)C(=O)NC(Cc1c[nH]c2ccccc12)C(=O)NC(CS)C(=O)O. The van der Waals surface area contributed by atoms with Gasteiger partial charge in [0.05, 0.1) is 12.5 Å². The lowest BCUT2D eigenvalue weighted by Gasteiger charge is -2.24. The summed E-state index contributed by atoms with van der Waals surface area (Å²) in [4.78, 5) is 75.3. The number of carbonyl (C=O) groups is 6. The largest absolute Gasteiger partial charge is 0.481 e. The van der Waals surface area contributed by atoms with Gasteiger partial charge in [-0.05, 0) is 18.1 Å². The molecule has 15 heteroatoms. The Labute approximate surface area is 222 Å². The highest BCUT2D eigenvalue weighted by molar-refractivity contribution is 7.80. The number of nitrogens with two attached hydrogens (primary N) is 2. The van der Waals surface area contributed by atoms with Gasteiger partial charge >= 0.3 is 11.9 Å². The summed E-state index contributed by atoms with van der Waals surface area (Å²) >= 11 is 3.92. The molecule has 0 fully saturated rings. The molecule has 0 aliphatic carbocycles. The molecule has 38 heavy (non-hydrogen) atoms. The molecule has 1 aromatic heterocycles. The second-order valence-electron chi connectivity index (χ2n) is 8.48. The number of fused-ring (bicyclic) bond motifs is 1. The quantitative estimate of drug-likeness (QED) is 0.114. The molecule has 4 amide bonds. The molecule has 0 saturated heterocycles. The zero-order valence-electron chi connectivity index (χ0n) is 20.2. The van der Waals surface area contributed by atoms with Crippen molar-refractivity contribution in [1.82, 2.24) is 20.9 Å². The van der Waals surface area contributed by atoms with E-state index in [0.29, 0.717) is 5.56 Å². The van der Waals surface area contributed by atoms with Gasteiger partial charge in [-0.2, -0.15) is 12.6 Å². The van der Waals surface area contributed by atoms with Crippen molar-refractivity contribution in [2.24, 2.45) is 11.5 Å². The van der Waals surface area contributed by atoms with E-state index >= 15 is 0 Å². The molecule has 2 aromatic rings. The van der Waals surface area contributed by atoms with Crippen LogP contribution in [-0.4, -0.2) is 80.7 Å². The molecule has 0 bridgehead atoms. The lowest BCUT2D eigenvalue weighted by atomic mass is 10.0. The smallest absolute Gasteiger partial charge is 0.327 e. The second kappa shape index (κ2) is 14.0. The number of aromatic nitrogens is 1. The highest BCUT2D eigenvalue weighted by Gasteiger charge is 2.31. The Morgan fingerprint density at radius 3 is 2.13 bits per heavy atom. The van der Waals surface area contributed by atoms with Gasteiger partial charge in [0.15, 0.2) is 0 Å². The van der Waals surface area contributed by atoms with Crippen molar-refractivity contribution in [2.75, 3.05) is 5.75 Å². The first-order chi connectivity index (χ1) is 17.9. The number of rotatable bonds is 15. The lowest BCUT2D eigenvalue weighted by Crippen LogP contribution is -2.58. The molecule has 14 nitrogen and oxygen atoms in total. The fourth-order valence-electron chi connectivity index (χ4n) is 3.55. The van der Waals surface area contributed by atoms with Gasteiger partial charge in [0, 0.05) is 35.7 Å². The first-order valence-electron chi connectivity index (χ1n) is 11.5. The number of aromatic amines is 1. The summed E-state index contributed by atoms with van der Waals surface area (Å²) in [6.07, 6.45) is 0.364. The van der Waals surface area contributed by atoms with Crippen LogP contribution in [0, 0.1) is 0 Å². The normalized spacial score (nSPS) is 14.1. The van der Waals surface area contributed by atoms with E-state index in [1.54, 1.807) is 30.5 Å². The number of aliphatic carboxylic acids is 2. The first-order valence-corrected chi connectivity index (χ1v) is 12.1. The topological polar surface area (TPSA) is 247 Å². The fraction of sp³-hybridized carbons (Fsp3) is 0.391. The number of nitrogens with one attached hydrogen (secondary N) is 4. The Bertz CT molecular complexity index is 1200. The van der Waals surface area contributed by atoms with Crippen molar-refractivity contribution in [1.29, 1.82) is 0 Å². The number of para-hydroxylation sites is 1. The molecule has 0 spiro atoms. The summed E-state index contributed by atoms with van der Waals surface area (Å²) in [6, 6.07) is 1.58. The Morgan fingerprint density at radius 1 is 0.921 bits per heavy atom. The summed E-state index contributed by atoms with van der Waals surface area (Å²) in [7, 11) is 0. The molecule has 1 heterocycles.